The Hall–Kier alpha value is -3.72. The lowest BCUT2D eigenvalue weighted by Gasteiger charge is -2.28. The summed E-state index contributed by atoms with van der Waals surface area (Å²) in [6.07, 6.45) is 0.573. The molecule has 0 radical (unpaired) electrons. The molecule has 0 aliphatic carbocycles. The van der Waals surface area contributed by atoms with Crippen molar-refractivity contribution in [3.8, 4) is 5.75 Å². The summed E-state index contributed by atoms with van der Waals surface area (Å²) in [6, 6.07) is 26.5. The van der Waals surface area contributed by atoms with Gasteiger partial charge in [-0.25, -0.2) is 13.1 Å². The predicted molar refractivity (Wildman–Crippen MR) is 143 cm³/mol. The third kappa shape index (κ3) is 5.67. The first kappa shape index (κ1) is 25.0. The lowest BCUT2D eigenvalue weighted by atomic mass is 9.98. The van der Waals surface area contributed by atoms with Crippen molar-refractivity contribution in [3.63, 3.8) is 0 Å². The molecule has 1 aliphatic rings. The van der Waals surface area contributed by atoms with Crippen LogP contribution in [0.4, 0.5) is 0 Å². The van der Waals surface area contributed by atoms with Gasteiger partial charge in [-0.05, 0) is 40.1 Å². The lowest BCUT2D eigenvalue weighted by molar-refractivity contribution is -0.122. The highest BCUT2D eigenvalue weighted by atomic mass is 32.2. The first-order valence-corrected chi connectivity index (χ1v) is 13.7. The van der Waals surface area contributed by atoms with E-state index in [1.165, 1.54) is 0 Å². The van der Waals surface area contributed by atoms with Gasteiger partial charge in [0.25, 0.3) is 0 Å². The molecule has 0 aromatic heterocycles. The first-order chi connectivity index (χ1) is 17.9. The zero-order chi connectivity index (χ0) is 25.8. The van der Waals surface area contributed by atoms with E-state index in [2.05, 4.69) is 10.0 Å². The molecule has 4 N–H and O–H groups in total. The molecular weight excluding hydrogens is 486 g/mol. The van der Waals surface area contributed by atoms with E-state index in [9.17, 15) is 13.2 Å². The molecule has 0 saturated heterocycles. The molecule has 0 fully saturated rings. The summed E-state index contributed by atoms with van der Waals surface area (Å²) in [7, 11) is -3.90. The molecule has 4 aromatic carbocycles. The number of hydrogen-bond acceptors (Lipinski definition) is 5. The average Bonchev–Trinajstić information content (AvgIpc) is 2.92. The molecule has 4 aromatic rings. The fourth-order valence-corrected chi connectivity index (χ4v) is 5.91. The molecule has 5 rings (SSSR count). The summed E-state index contributed by atoms with van der Waals surface area (Å²) >= 11 is 0. The molecule has 2 atom stereocenters. The minimum absolute atomic E-state index is 0.0512. The monoisotopic (exact) mass is 515 g/mol. The van der Waals surface area contributed by atoms with E-state index in [0.29, 0.717) is 25.1 Å². The minimum atomic E-state index is -3.90. The second-order valence-electron chi connectivity index (χ2n) is 9.13. The molecular formula is C29H29N3O4S. The number of carbonyl (C=O) groups excluding carboxylic acids is 1. The number of sulfonamides is 1. The van der Waals surface area contributed by atoms with Gasteiger partial charge in [0.2, 0.25) is 15.9 Å². The average molecular weight is 516 g/mol. The van der Waals surface area contributed by atoms with Gasteiger partial charge in [-0.15, -0.1) is 0 Å². The van der Waals surface area contributed by atoms with Crippen molar-refractivity contribution in [3.05, 3.63) is 108 Å². The Morgan fingerprint density at radius 2 is 1.70 bits per heavy atom. The van der Waals surface area contributed by atoms with Gasteiger partial charge < -0.3 is 15.8 Å². The number of nitrogens with two attached hydrogens (primary N) is 1. The number of fused-ring (bicyclic) bond motifs is 2. The van der Waals surface area contributed by atoms with E-state index < -0.39 is 16.1 Å². The van der Waals surface area contributed by atoms with Crippen LogP contribution in [0.2, 0.25) is 0 Å². The molecule has 1 amide bonds. The maximum absolute atomic E-state index is 13.4. The molecule has 7 nitrogen and oxygen atoms in total. The second kappa shape index (κ2) is 10.7. The Bertz CT molecular complexity index is 1520. The molecule has 0 spiro atoms. The third-order valence-corrected chi connectivity index (χ3v) is 8.08. The fourth-order valence-electron chi connectivity index (χ4n) is 4.65. The van der Waals surface area contributed by atoms with Crippen LogP contribution in [0.25, 0.3) is 10.8 Å². The Labute approximate surface area is 216 Å². The summed E-state index contributed by atoms with van der Waals surface area (Å²) in [5.41, 5.74) is 8.31. The standard InChI is InChI=1S/C29H29N3O4S/c30-19-20-10-13-25-26(14-15-36-28(25)16-20)31-29(33)18-27(22-7-2-1-3-8-22)32-37(34,35)24-12-11-21-6-4-5-9-23(21)17-24/h1-13,16-17,26-27,32H,14-15,18-19,30H2,(H,31,33)/t26?,27-/m1/s1. The molecule has 190 valence electrons. The van der Waals surface area contributed by atoms with Crippen LogP contribution >= 0.6 is 0 Å². The number of amides is 1. The highest BCUT2D eigenvalue weighted by Crippen LogP contribution is 2.33. The number of rotatable bonds is 8. The van der Waals surface area contributed by atoms with E-state index in [0.717, 1.165) is 27.6 Å². The zero-order valence-electron chi connectivity index (χ0n) is 20.3. The van der Waals surface area contributed by atoms with Gasteiger partial charge >= 0.3 is 0 Å². The Morgan fingerprint density at radius 1 is 0.946 bits per heavy atom. The van der Waals surface area contributed by atoms with Gasteiger partial charge in [-0.3, -0.25) is 4.79 Å². The third-order valence-electron chi connectivity index (χ3n) is 6.61. The summed E-state index contributed by atoms with van der Waals surface area (Å²) in [5.74, 6) is 0.465. The molecule has 1 heterocycles. The SMILES string of the molecule is NCc1ccc2c(c1)OCCC2NC(=O)C[C@@H](NS(=O)(=O)c1ccc2ccccc2c1)c1ccccc1. The minimum Gasteiger partial charge on any atom is -0.493 e. The summed E-state index contributed by atoms with van der Waals surface area (Å²) in [4.78, 5) is 13.4. The van der Waals surface area contributed by atoms with Gasteiger partial charge in [0.15, 0.2) is 0 Å². The van der Waals surface area contributed by atoms with Crippen LogP contribution in [-0.2, 0) is 21.4 Å². The Balaban J connectivity index is 1.36. The molecule has 8 heteroatoms. The molecule has 1 aliphatic heterocycles. The number of nitrogens with one attached hydrogen (secondary N) is 2. The highest BCUT2D eigenvalue weighted by molar-refractivity contribution is 7.89. The van der Waals surface area contributed by atoms with Gasteiger partial charge in [0, 0.05) is 24.9 Å². The van der Waals surface area contributed by atoms with Gasteiger partial charge in [-0.2, -0.15) is 0 Å². The zero-order valence-corrected chi connectivity index (χ0v) is 21.1. The summed E-state index contributed by atoms with van der Waals surface area (Å²) in [6.45, 7) is 0.881. The second-order valence-corrected chi connectivity index (χ2v) is 10.8. The molecule has 0 saturated carbocycles. The number of carbonyl (C=O) groups is 1. The predicted octanol–water partition coefficient (Wildman–Crippen LogP) is 4.35. The van der Waals surface area contributed by atoms with Crippen molar-refractivity contribution >= 4 is 26.7 Å². The van der Waals surface area contributed by atoms with Crippen LogP contribution in [-0.4, -0.2) is 20.9 Å². The molecule has 0 bridgehead atoms. The number of benzene rings is 4. The van der Waals surface area contributed by atoms with Gasteiger partial charge in [0.05, 0.1) is 23.6 Å². The fraction of sp³-hybridized carbons (Fsp3) is 0.207. The lowest BCUT2D eigenvalue weighted by Crippen LogP contribution is -2.36. The smallest absolute Gasteiger partial charge is 0.241 e. The van der Waals surface area contributed by atoms with Crippen molar-refractivity contribution < 1.29 is 17.9 Å². The van der Waals surface area contributed by atoms with Gasteiger partial charge in [-0.1, -0.05) is 72.8 Å². The highest BCUT2D eigenvalue weighted by Gasteiger charge is 2.27. The summed E-state index contributed by atoms with van der Waals surface area (Å²) in [5, 5.41) is 4.86. The van der Waals surface area contributed by atoms with E-state index >= 15 is 0 Å². The van der Waals surface area contributed by atoms with Crippen LogP contribution < -0.4 is 20.5 Å². The van der Waals surface area contributed by atoms with E-state index in [1.54, 1.807) is 18.2 Å². The molecule has 1 unspecified atom stereocenters. The first-order valence-electron chi connectivity index (χ1n) is 12.2. The van der Waals surface area contributed by atoms with Crippen LogP contribution in [0, 0.1) is 0 Å². The quantitative estimate of drug-likeness (QED) is 0.323. The summed E-state index contributed by atoms with van der Waals surface area (Å²) < 4.78 is 35.3. The van der Waals surface area contributed by atoms with Crippen LogP contribution in [0.5, 0.6) is 5.75 Å². The topological polar surface area (TPSA) is 111 Å². The maximum Gasteiger partial charge on any atom is 0.241 e. The van der Waals surface area contributed by atoms with Gasteiger partial charge in [0.1, 0.15) is 5.75 Å². The van der Waals surface area contributed by atoms with E-state index in [-0.39, 0.29) is 23.3 Å². The van der Waals surface area contributed by atoms with Crippen molar-refractivity contribution in [2.24, 2.45) is 5.73 Å². The van der Waals surface area contributed by atoms with Crippen LogP contribution in [0.15, 0.2) is 95.9 Å². The van der Waals surface area contributed by atoms with Crippen LogP contribution in [0.1, 0.15) is 41.6 Å². The van der Waals surface area contributed by atoms with E-state index in [1.807, 2.05) is 72.8 Å². The number of hydrogen-bond donors (Lipinski definition) is 3. The van der Waals surface area contributed by atoms with Crippen molar-refractivity contribution in [1.82, 2.24) is 10.0 Å². The van der Waals surface area contributed by atoms with Crippen LogP contribution in [0.3, 0.4) is 0 Å². The normalized spacial score (nSPS) is 16.0. The molecule has 37 heavy (non-hydrogen) atoms. The maximum atomic E-state index is 13.4. The largest absolute Gasteiger partial charge is 0.493 e. The number of ether oxygens (including phenoxy) is 1. The Kier molecular flexibility index (Phi) is 7.23. The van der Waals surface area contributed by atoms with Crippen molar-refractivity contribution in [2.45, 2.75) is 36.4 Å². The van der Waals surface area contributed by atoms with E-state index in [4.69, 9.17) is 10.5 Å². The Morgan fingerprint density at radius 3 is 2.49 bits per heavy atom. The van der Waals surface area contributed by atoms with Crippen molar-refractivity contribution in [2.75, 3.05) is 6.61 Å². The van der Waals surface area contributed by atoms with Crippen molar-refractivity contribution in [1.29, 1.82) is 0 Å².